The van der Waals surface area contributed by atoms with Crippen LogP contribution in [0.4, 0.5) is 0 Å². The molecule has 0 N–H and O–H groups in total. The zero-order valence-corrected chi connectivity index (χ0v) is 7.21. The van der Waals surface area contributed by atoms with E-state index in [0.717, 1.165) is 19.3 Å². The Kier molecular flexibility index (Phi) is 1.99. The fourth-order valence-corrected chi connectivity index (χ4v) is 2.08. The number of rotatable bonds is 2. The van der Waals surface area contributed by atoms with Crippen molar-refractivity contribution in [3.8, 4) is 0 Å². The second-order valence-corrected chi connectivity index (χ2v) is 4.01. The Morgan fingerprint density at radius 2 is 1.92 bits per heavy atom. The molecule has 2 aliphatic rings. The summed E-state index contributed by atoms with van der Waals surface area (Å²) in [7, 11) is 0. The molecule has 66 valence electrons. The third kappa shape index (κ3) is 1.30. The van der Waals surface area contributed by atoms with Crippen molar-refractivity contribution in [2.24, 2.45) is 11.8 Å². The number of carbonyl (C=O) groups excluding carboxylic acids is 2. The van der Waals surface area contributed by atoms with Gasteiger partial charge in [-0.1, -0.05) is 6.42 Å². The SMILES string of the molecule is O=C1CCC(C(=O)C2CCC2)C1. The van der Waals surface area contributed by atoms with Crippen LogP contribution in [0.3, 0.4) is 0 Å². The van der Waals surface area contributed by atoms with Gasteiger partial charge in [-0.25, -0.2) is 0 Å². The molecule has 0 bridgehead atoms. The van der Waals surface area contributed by atoms with Crippen LogP contribution in [0.5, 0.6) is 0 Å². The Hall–Kier alpha value is -0.660. The lowest BCUT2D eigenvalue weighted by Crippen LogP contribution is -2.27. The van der Waals surface area contributed by atoms with E-state index in [1.54, 1.807) is 0 Å². The Bertz CT molecular complexity index is 216. The summed E-state index contributed by atoms with van der Waals surface area (Å²) in [6.07, 6.45) is 5.36. The highest BCUT2D eigenvalue weighted by Crippen LogP contribution is 2.34. The molecule has 1 unspecified atom stereocenters. The molecule has 2 aliphatic carbocycles. The molecule has 0 aromatic heterocycles. The minimum atomic E-state index is 0.0998. The Morgan fingerprint density at radius 1 is 1.17 bits per heavy atom. The summed E-state index contributed by atoms with van der Waals surface area (Å²) < 4.78 is 0. The third-order valence-electron chi connectivity index (χ3n) is 3.16. The summed E-state index contributed by atoms with van der Waals surface area (Å²) in [6, 6.07) is 0. The first-order valence-electron chi connectivity index (χ1n) is 4.83. The molecule has 0 heterocycles. The average molecular weight is 166 g/mol. The number of hydrogen-bond donors (Lipinski definition) is 0. The predicted molar refractivity (Wildman–Crippen MR) is 44.7 cm³/mol. The predicted octanol–water partition coefficient (Wildman–Crippen LogP) is 1.72. The van der Waals surface area contributed by atoms with Gasteiger partial charge in [0.15, 0.2) is 0 Å². The van der Waals surface area contributed by atoms with E-state index < -0.39 is 0 Å². The maximum Gasteiger partial charge on any atom is 0.139 e. The van der Waals surface area contributed by atoms with E-state index in [9.17, 15) is 9.59 Å². The normalized spacial score (nSPS) is 30.3. The monoisotopic (exact) mass is 166 g/mol. The molecule has 0 amide bonds. The van der Waals surface area contributed by atoms with Crippen molar-refractivity contribution < 1.29 is 9.59 Å². The van der Waals surface area contributed by atoms with Crippen LogP contribution < -0.4 is 0 Å². The van der Waals surface area contributed by atoms with Gasteiger partial charge in [0.1, 0.15) is 11.6 Å². The second-order valence-electron chi connectivity index (χ2n) is 4.01. The van der Waals surface area contributed by atoms with Gasteiger partial charge in [0.2, 0.25) is 0 Å². The molecule has 2 rings (SSSR count). The maximum absolute atomic E-state index is 11.6. The first kappa shape index (κ1) is 7.96. The fraction of sp³-hybridized carbons (Fsp3) is 0.800. The Morgan fingerprint density at radius 3 is 2.33 bits per heavy atom. The summed E-state index contributed by atoms with van der Waals surface area (Å²) in [6.45, 7) is 0. The van der Waals surface area contributed by atoms with Gasteiger partial charge in [0.05, 0.1) is 0 Å². The molecule has 0 aromatic rings. The number of carbonyl (C=O) groups is 2. The summed E-state index contributed by atoms with van der Waals surface area (Å²) in [4.78, 5) is 22.6. The molecular formula is C10H14O2. The van der Waals surface area contributed by atoms with Crippen LogP contribution in [0, 0.1) is 11.8 Å². The van der Waals surface area contributed by atoms with E-state index in [4.69, 9.17) is 0 Å². The van der Waals surface area contributed by atoms with E-state index in [0.29, 0.717) is 24.5 Å². The number of Topliss-reactive ketones (excluding diaryl/α,β-unsaturated/α-hetero) is 2. The molecule has 0 aromatic carbocycles. The van der Waals surface area contributed by atoms with Crippen LogP contribution >= 0.6 is 0 Å². The average Bonchev–Trinajstić information content (AvgIpc) is 2.31. The third-order valence-corrected chi connectivity index (χ3v) is 3.16. The molecular weight excluding hydrogens is 152 g/mol. The Labute approximate surface area is 72.3 Å². The van der Waals surface area contributed by atoms with Crippen molar-refractivity contribution in [2.75, 3.05) is 0 Å². The lowest BCUT2D eigenvalue weighted by Gasteiger charge is -2.26. The highest BCUT2D eigenvalue weighted by Gasteiger charge is 2.34. The van der Waals surface area contributed by atoms with Crippen LogP contribution in [0.2, 0.25) is 0 Å². The summed E-state index contributed by atoms with van der Waals surface area (Å²) >= 11 is 0. The van der Waals surface area contributed by atoms with E-state index in [1.165, 1.54) is 6.42 Å². The zero-order chi connectivity index (χ0) is 8.55. The zero-order valence-electron chi connectivity index (χ0n) is 7.21. The minimum absolute atomic E-state index is 0.0998. The van der Waals surface area contributed by atoms with Crippen molar-refractivity contribution >= 4 is 11.6 Å². The van der Waals surface area contributed by atoms with Gasteiger partial charge in [0, 0.05) is 24.7 Å². The lowest BCUT2D eigenvalue weighted by atomic mass is 9.77. The van der Waals surface area contributed by atoms with Crippen LogP contribution in [-0.2, 0) is 9.59 Å². The lowest BCUT2D eigenvalue weighted by molar-refractivity contribution is -0.130. The van der Waals surface area contributed by atoms with Gasteiger partial charge in [-0.2, -0.15) is 0 Å². The summed E-state index contributed by atoms with van der Waals surface area (Å²) in [5, 5.41) is 0. The van der Waals surface area contributed by atoms with E-state index in [-0.39, 0.29) is 11.7 Å². The van der Waals surface area contributed by atoms with Crippen LogP contribution in [0.25, 0.3) is 0 Å². The second kappa shape index (κ2) is 3.00. The fourth-order valence-electron chi connectivity index (χ4n) is 2.08. The Balaban J connectivity index is 1.91. The van der Waals surface area contributed by atoms with Gasteiger partial charge in [-0.05, 0) is 19.3 Å². The molecule has 2 saturated carbocycles. The largest absolute Gasteiger partial charge is 0.300 e. The molecule has 1 atom stereocenters. The van der Waals surface area contributed by atoms with Crippen molar-refractivity contribution in [3.63, 3.8) is 0 Å². The highest BCUT2D eigenvalue weighted by atomic mass is 16.1. The first-order valence-corrected chi connectivity index (χ1v) is 4.83. The van der Waals surface area contributed by atoms with Gasteiger partial charge in [-0.15, -0.1) is 0 Å². The van der Waals surface area contributed by atoms with Crippen LogP contribution in [0.1, 0.15) is 38.5 Å². The van der Waals surface area contributed by atoms with Gasteiger partial charge in [0.25, 0.3) is 0 Å². The number of ketones is 2. The van der Waals surface area contributed by atoms with Crippen molar-refractivity contribution in [3.05, 3.63) is 0 Å². The summed E-state index contributed by atoms with van der Waals surface area (Å²) in [5.41, 5.74) is 0. The van der Waals surface area contributed by atoms with Gasteiger partial charge < -0.3 is 0 Å². The molecule has 0 spiro atoms. The van der Waals surface area contributed by atoms with Crippen molar-refractivity contribution in [1.82, 2.24) is 0 Å². The van der Waals surface area contributed by atoms with E-state index in [2.05, 4.69) is 0 Å². The molecule has 0 saturated heterocycles. The van der Waals surface area contributed by atoms with Gasteiger partial charge in [-0.3, -0.25) is 9.59 Å². The minimum Gasteiger partial charge on any atom is -0.300 e. The van der Waals surface area contributed by atoms with Gasteiger partial charge >= 0.3 is 0 Å². The first-order chi connectivity index (χ1) is 5.77. The van der Waals surface area contributed by atoms with E-state index >= 15 is 0 Å². The van der Waals surface area contributed by atoms with Crippen molar-refractivity contribution in [1.29, 1.82) is 0 Å². The quantitative estimate of drug-likeness (QED) is 0.626. The molecule has 0 radical (unpaired) electrons. The number of hydrogen-bond acceptors (Lipinski definition) is 2. The molecule has 2 heteroatoms. The standard InChI is InChI=1S/C10H14O2/c11-9-5-4-8(6-9)10(12)7-2-1-3-7/h7-8H,1-6H2. The van der Waals surface area contributed by atoms with Crippen LogP contribution in [-0.4, -0.2) is 11.6 Å². The van der Waals surface area contributed by atoms with E-state index in [1.807, 2.05) is 0 Å². The molecule has 2 nitrogen and oxygen atoms in total. The molecule has 2 fully saturated rings. The van der Waals surface area contributed by atoms with Crippen molar-refractivity contribution in [2.45, 2.75) is 38.5 Å². The topological polar surface area (TPSA) is 34.1 Å². The smallest absolute Gasteiger partial charge is 0.139 e. The molecule has 0 aliphatic heterocycles. The maximum atomic E-state index is 11.6. The van der Waals surface area contributed by atoms with Crippen LogP contribution in [0.15, 0.2) is 0 Å². The highest BCUT2D eigenvalue weighted by molar-refractivity contribution is 5.92. The summed E-state index contributed by atoms with van der Waals surface area (Å²) in [5.74, 6) is 1.09. The molecule has 12 heavy (non-hydrogen) atoms.